The molecule has 11 unspecified atom stereocenters. The van der Waals surface area contributed by atoms with Crippen LogP contribution in [0.1, 0.15) is 174 Å². The molecule has 0 spiro atoms. The Balaban J connectivity index is 1.75. The second kappa shape index (κ2) is 35.1. The molecule has 7 N–H and O–H groups in total. The van der Waals surface area contributed by atoms with E-state index in [0.717, 1.165) is 38.5 Å². The topological polar surface area (TPSA) is 214 Å². The van der Waals surface area contributed by atoms with Gasteiger partial charge in [-0.3, -0.25) is 4.79 Å². The van der Waals surface area contributed by atoms with Crippen molar-refractivity contribution in [2.45, 2.75) is 242 Å². The maximum Gasteiger partial charge on any atom is 0.306 e. The van der Waals surface area contributed by atoms with Gasteiger partial charge in [0.25, 0.3) is 0 Å². The molecule has 0 radical (unpaired) electrons. The maximum absolute atomic E-state index is 12.9. The average Bonchev–Trinajstić information content (AvgIpc) is 3.24. The van der Waals surface area contributed by atoms with Crippen molar-refractivity contribution in [3.63, 3.8) is 0 Å². The third-order valence-electron chi connectivity index (χ3n) is 11.5. The van der Waals surface area contributed by atoms with Crippen molar-refractivity contribution in [3.05, 3.63) is 12.2 Å². The van der Waals surface area contributed by atoms with Crippen molar-refractivity contribution in [1.29, 1.82) is 0 Å². The maximum atomic E-state index is 12.9. The van der Waals surface area contributed by atoms with Gasteiger partial charge in [0.2, 0.25) is 0 Å². The molecule has 2 aliphatic heterocycles. The van der Waals surface area contributed by atoms with Gasteiger partial charge >= 0.3 is 5.97 Å². The number of hydrogen-bond donors (Lipinski definition) is 7. The lowest BCUT2D eigenvalue weighted by molar-refractivity contribution is -0.332. The normalized spacial score (nSPS) is 27.8. The number of ether oxygens (including phenoxy) is 6. The zero-order valence-electron chi connectivity index (χ0n) is 37.2. The first-order chi connectivity index (χ1) is 29.1. The van der Waals surface area contributed by atoms with Gasteiger partial charge in [-0.1, -0.05) is 142 Å². The summed E-state index contributed by atoms with van der Waals surface area (Å²) in [4.78, 5) is 12.9. The number of hydrogen-bond acceptors (Lipinski definition) is 14. The minimum Gasteiger partial charge on any atom is -0.457 e. The third-order valence-corrected chi connectivity index (χ3v) is 11.5. The highest BCUT2D eigenvalue weighted by atomic mass is 16.7. The van der Waals surface area contributed by atoms with E-state index < -0.39 is 80.7 Å². The van der Waals surface area contributed by atoms with Crippen molar-refractivity contribution >= 4 is 5.97 Å². The van der Waals surface area contributed by atoms with Crippen molar-refractivity contribution in [2.75, 3.05) is 33.0 Å². The molecule has 2 fully saturated rings. The summed E-state index contributed by atoms with van der Waals surface area (Å²) in [5.74, 6) is -0.381. The lowest BCUT2D eigenvalue weighted by Gasteiger charge is -2.42. The number of carbonyl (C=O) groups is 1. The first kappa shape index (κ1) is 54.9. The summed E-state index contributed by atoms with van der Waals surface area (Å²) >= 11 is 0. The summed E-state index contributed by atoms with van der Waals surface area (Å²) in [5, 5.41) is 71.8. The van der Waals surface area contributed by atoms with Crippen LogP contribution in [0.25, 0.3) is 0 Å². The highest BCUT2D eigenvalue weighted by Crippen LogP contribution is 2.26. The Labute approximate surface area is 361 Å². The first-order valence-corrected chi connectivity index (χ1v) is 23.8. The Morgan fingerprint density at radius 1 is 0.533 bits per heavy atom. The Bertz CT molecular complexity index is 1050. The van der Waals surface area contributed by atoms with Gasteiger partial charge in [0.15, 0.2) is 12.6 Å². The second-order valence-electron chi connectivity index (χ2n) is 16.9. The fourth-order valence-electron chi connectivity index (χ4n) is 7.57. The molecule has 0 amide bonds. The van der Waals surface area contributed by atoms with Gasteiger partial charge in [-0.2, -0.15) is 0 Å². The van der Waals surface area contributed by atoms with Crippen LogP contribution in [0.3, 0.4) is 0 Å². The lowest BCUT2D eigenvalue weighted by Crippen LogP contribution is -2.61. The highest BCUT2D eigenvalue weighted by molar-refractivity contribution is 5.69. The SMILES string of the molecule is CCCCCCCC/C=C\CCCCCCCCCCOCC(COC1OC(COC2OC(CO)C(O)C(O)C2O)C(O)C(O)C1O)OC(=O)CCCCCCCCCC. The molecule has 0 aromatic carbocycles. The van der Waals surface area contributed by atoms with Crippen LogP contribution in [0.4, 0.5) is 0 Å². The van der Waals surface area contributed by atoms with E-state index in [1.807, 2.05) is 0 Å². The summed E-state index contributed by atoms with van der Waals surface area (Å²) in [6.07, 6.45) is 17.3. The van der Waals surface area contributed by atoms with Gasteiger partial charge in [0.05, 0.1) is 26.4 Å². The largest absolute Gasteiger partial charge is 0.457 e. The van der Waals surface area contributed by atoms with Crippen LogP contribution < -0.4 is 0 Å². The van der Waals surface area contributed by atoms with Crippen LogP contribution >= 0.6 is 0 Å². The molecule has 354 valence electrons. The fourth-order valence-corrected chi connectivity index (χ4v) is 7.57. The number of carbonyl (C=O) groups excluding carboxylic acids is 1. The summed E-state index contributed by atoms with van der Waals surface area (Å²) in [5.41, 5.74) is 0. The van der Waals surface area contributed by atoms with Crippen LogP contribution in [0.2, 0.25) is 0 Å². The van der Waals surface area contributed by atoms with E-state index in [1.165, 1.54) is 109 Å². The van der Waals surface area contributed by atoms with E-state index in [9.17, 15) is 40.5 Å². The van der Waals surface area contributed by atoms with Gasteiger partial charge in [0, 0.05) is 13.0 Å². The Hall–Kier alpha value is -1.27. The summed E-state index contributed by atoms with van der Waals surface area (Å²) < 4.78 is 34.1. The van der Waals surface area contributed by atoms with Crippen LogP contribution in [-0.2, 0) is 33.2 Å². The minimum atomic E-state index is -1.70. The predicted molar refractivity (Wildman–Crippen MR) is 229 cm³/mol. The summed E-state index contributed by atoms with van der Waals surface area (Å²) in [6, 6.07) is 0. The number of aliphatic hydroxyl groups is 7. The standard InChI is InChI=1S/C46H86O14/c1-3-5-7-9-11-13-14-15-16-17-18-19-20-21-22-24-26-28-30-55-32-35(58-38(48)29-27-25-23-12-10-8-6-4-2)33-56-45-44(54)42(52)40(50)37(60-45)34-57-46-43(53)41(51)39(49)36(31-47)59-46/h15-16,35-37,39-47,49-54H,3-14,17-34H2,1-2H3/b16-15-. The van der Waals surface area contributed by atoms with Crippen molar-refractivity contribution in [3.8, 4) is 0 Å². The number of aliphatic hydroxyl groups excluding tert-OH is 7. The van der Waals surface area contributed by atoms with E-state index in [4.69, 9.17) is 28.4 Å². The zero-order chi connectivity index (χ0) is 43.8. The molecule has 0 saturated carbocycles. The van der Waals surface area contributed by atoms with Gasteiger partial charge in [-0.15, -0.1) is 0 Å². The summed E-state index contributed by atoms with van der Waals surface area (Å²) in [7, 11) is 0. The number of rotatable bonds is 37. The van der Waals surface area contributed by atoms with Crippen molar-refractivity contribution in [1.82, 2.24) is 0 Å². The van der Waals surface area contributed by atoms with E-state index in [2.05, 4.69) is 26.0 Å². The molecule has 0 bridgehead atoms. The van der Waals surface area contributed by atoms with Gasteiger partial charge in [-0.05, 0) is 38.5 Å². The fraction of sp³-hybridized carbons (Fsp3) is 0.935. The van der Waals surface area contributed by atoms with Gasteiger partial charge in [0.1, 0.15) is 54.9 Å². The van der Waals surface area contributed by atoms with Crippen LogP contribution in [0.15, 0.2) is 12.2 Å². The summed E-state index contributed by atoms with van der Waals surface area (Å²) in [6.45, 7) is 3.65. The molecule has 60 heavy (non-hydrogen) atoms. The average molecular weight is 863 g/mol. The van der Waals surface area contributed by atoms with Crippen LogP contribution in [0, 0.1) is 0 Å². The van der Waals surface area contributed by atoms with Crippen LogP contribution in [0.5, 0.6) is 0 Å². The first-order valence-electron chi connectivity index (χ1n) is 23.8. The lowest BCUT2D eigenvalue weighted by atomic mass is 9.98. The van der Waals surface area contributed by atoms with Crippen molar-refractivity contribution < 1.29 is 69.0 Å². The Morgan fingerprint density at radius 3 is 1.52 bits per heavy atom. The molecule has 0 aromatic heterocycles. The van der Waals surface area contributed by atoms with Gasteiger partial charge in [-0.25, -0.2) is 0 Å². The molecule has 0 aliphatic carbocycles. The molecular formula is C46H86O14. The number of esters is 1. The number of allylic oxidation sites excluding steroid dienone is 2. The monoisotopic (exact) mass is 863 g/mol. The smallest absolute Gasteiger partial charge is 0.306 e. The quantitative estimate of drug-likeness (QED) is 0.0220. The molecule has 14 nitrogen and oxygen atoms in total. The molecule has 2 aliphatic rings. The van der Waals surface area contributed by atoms with E-state index in [0.29, 0.717) is 13.0 Å². The minimum absolute atomic E-state index is 0.0637. The highest BCUT2D eigenvalue weighted by Gasteiger charge is 2.47. The molecule has 0 aromatic rings. The van der Waals surface area contributed by atoms with Crippen LogP contribution in [-0.4, -0.2) is 142 Å². The van der Waals surface area contributed by atoms with Crippen molar-refractivity contribution in [2.24, 2.45) is 0 Å². The van der Waals surface area contributed by atoms with E-state index in [-0.39, 0.29) is 25.6 Å². The molecule has 2 rings (SSSR count). The molecule has 14 heteroatoms. The van der Waals surface area contributed by atoms with E-state index in [1.54, 1.807) is 0 Å². The third kappa shape index (κ3) is 23.4. The van der Waals surface area contributed by atoms with E-state index >= 15 is 0 Å². The van der Waals surface area contributed by atoms with Gasteiger partial charge < -0.3 is 64.2 Å². The second-order valence-corrected chi connectivity index (χ2v) is 16.9. The number of unbranched alkanes of at least 4 members (excludes halogenated alkanes) is 21. The molecule has 11 atom stereocenters. The molecular weight excluding hydrogens is 776 g/mol. The predicted octanol–water partition coefficient (Wildman–Crippen LogP) is 5.90. The molecule has 2 saturated heterocycles. The zero-order valence-corrected chi connectivity index (χ0v) is 37.2. The Kier molecular flexibility index (Phi) is 32.1. The molecule has 2 heterocycles. The Morgan fingerprint density at radius 2 is 0.983 bits per heavy atom.